The first-order valence-electron chi connectivity index (χ1n) is 8.50. The Morgan fingerprint density at radius 2 is 1.96 bits per heavy atom. The number of para-hydroxylation sites is 2. The minimum atomic E-state index is 0.0566. The van der Waals surface area contributed by atoms with E-state index in [1.165, 1.54) is 0 Å². The Morgan fingerprint density at radius 1 is 1.21 bits per heavy atom. The highest BCUT2D eigenvalue weighted by Gasteiger charge is 2.32. The minimum absolute atomic E-state index is 0.0566. The van der Waals surface area contributed by atoms with Crippen molar-refractivity contribution in [2.75, 3.05) is 6.54 Å². The summed E-state index contributed by atoms with van der Waals surface area (Å²) >= 11 is 0. The lowest BCUT2D eigenvalue weighted by Gasteiger charge is -2.24. The molecule has 1 amide bonds. The quantitative estimate of drug-likeness (QED) is 0.804. The zero-order valence-electron chi connectivity index (χ0n) is 14.1. The number of amides is 1. The van der Waals surface area contributed by atoms with Gasteiger partial charge in [0.05, 0.1) is 17.1 Å². The minimum Gasteiger partial charge on any atom is -0.340 e. The smallest absolute Gasteiger partial charge is 0.243 e. The number of imidazole rings is 1. The Hall–Kier alpha value is -2.56. The van der Waals surface area contributed by atoms with Gasteiger partial charge in [-0.25, -0.2) is 4.98 Å². The van der Waals surface area contributed by atoms with Crippen LogP contribution >= 0.6 is 0 Å². The van der Waals surface area contributed by atoms with Gasteiger partial charge in [0.25, 0.3) is 0 Å². The van der Waals surface area contributed by atoms with Crippen LogP contribution in [0.2, 0.25) is 0 Å². The van der Waals surface area contributed by atoms with Crippen LogP contribution in [0.4, 0.5) is 0 Å². The van der Waals surface area contributed by atoms with Crippen molar-refractivity contribution >= 4 is 16.9 Å². The fraction of sp³-hybridized carbons (Fsp3) is 0.368. The highest BCUT2D eigenvalue weighted by Crippen LogP contribution is 2.31. The van der Waals surface area contributed by atoms with Crippen LogP contribution < -0.4 is 0 Å². The molecule has 2 aromatic heterocycles. The van der Waals surface area contributed by atoms with E-state index >= 15 is 0 Å². The summed E-state index contributed by atoms with van der Waals surface area (Å²) in [5.74, 6) is 1.07. The van der Waals surface area contributed by atoms with Gasteiger partial charge in [-0.05, 0) is 51.0 Å². The number of fused-ring (bicyclic) bond motifs is 1. The van der Waals surface area contributed by atoms with Crippen LogP contribution in [0, 0.1) is 13.8 Å². The van der Waals surface area contributed by atoms with Crippen LogP contribution in [-0.2, 0) is 11.3 Å². The Labute approximate surface area is 141 Å². The predicted molar refractivity (Wildman–Crippen MR) is 93.7 cm³/mol. The van der Waals surface area contributed by atoms with Crippen molar-refractivity contribution in [3.8, 4) is 0 Å². The molecule has 3 heterocycles. The largest absolute Gasteiger partial charge is 0.340 e. The number of carbonyl (C=O) groups is 1. The molecule has 1 atom stereocenters. The summed E-state index contributed by atoms with van der Waals surface area (Å²) < 4.78 is 2.08. The number of benzene rings is 1. The summed E-state index contributed by atoms with van der Waals surface area (Å²) in [7, 11) is 0. The lowest BCUT2D eigenvalue weighted by atomic mass is 10.2. The molecule has 1 saturated heterocycles. The average molecular weight is 322 g/mol. The summed E-state index contributed by atoms with van der Waals surface area (Å²) in [4.78, 5) is 23.0. The molecule has 0 aliphatic carbocycles. The van der Waals surface area contributed by atoms with Crippen LogP contribution in [0.3, 0.4) is 0 Å². The molecule has 3 aromatic rings. The van der Waals surface area contributed by atoms with Gasteiger partial charge in [0.1, 0.15) is 12.4 Å². The average Bonchev–Trinajstić information content (AvgIpc) is 3.28. The molecule has 24 heavy (non-hydrogen) atoms. The van der Waals surface area contributed by atoms with Crippen molar-refractivity contribution in [2.24, 2.45) is 0 Å². The number of rotatable bonds is 3. The molecule has 124 valence electrons. The van der Waals surface area contributed by atoms with Gasteiger partial charge in [0, 0.05) is 17.9 Å². The van der Waals surface area contributed by atoms with Crippen LogP contribution in [0.1, 0.15) is 36.1 Å². The van der Waals surface area contributed by atoms with Gasteiger partial charge in [0.2, 0.25) is 5.91 Å². The SMILES string of the molecule is Cc1ccc(C)n1CC(=O)N1CCCC1c1nc2ccccc2[nH]1. The maximum atomic E-state index is 12.9. The van der Waals surface area contributed by atoms with Gasteiger partial charge in [0.15, 0.2) is 0 Å². The van der Waals surface area contributed by atoms with Crippen molar-refractivity contribution in [3.63, 3.8) is 0 Å². The van der Waals surface area contributed by atoms with Crippen molar-refractivity contribution in [2.45, 2.75) is 39.3 Å². The molecule has 1 aromatic carbocycles. The summed E-state index contributed by atoms with van der Waals surface area (Å²) in [6.07, 6.45) is 1.99. The highest BCUT2D eigenvalue weighted by molar-refractivity contribution is 5.78. The van der Waals surface area contributed by atoms with Gasteiger partial charge in [-0.15, -0.1) is 0 Å². The first kappa shape index (κ1) is 15.0. The number of aromatic amines is 1. The second kappa shape index (κ2) is 5.82. The van der Waals surface area contributed by atoms with E-state index in [1.54, 1.807) is 0 Å². The van der Waals surface area contributed by atoms with E-state index in [0.717, 1.165) is 47.6 Å². The number of hydrogen-bond donors (Lipinski definition) is 1. The number of carbonyl (C=O) groups excluding carboxylic acids is 1. The predicted octanol–water partition coefficient (Wildman–Crippen LogP) is 3.34. The zero-order chi connectivity index (χ0) is 16.7. The second-order valence-electron chi connectivity index (χ2n) is 6.59. The molecule has 4 rings (SSSR count). The van der Waals surface area contributed by atoms with Gasteiger partial charge < -0.3 is 14.5 Å². The van der Waals surface area contributed by atoms with Crippen molar-refractivity contribution < 1.29 is 4.79 Å². The molecular weight excluding hydrogens is 300 g/mol. The Kier molecular flexibility index (Phi) is 3.63. The van der Waals surface area contributed by atoms with E-state index in [9.17, 15) is 4.79 Å². The van der Waals surface area contributed by atoms with E-state index in [0.29, 0.717) is 6.54 Å². The highest BCUT2D eigenvalue weighted by atomic mass is 16.2. The van der Waals surface area contributed by atoms with Gasteiger partial charge in [-0.3, -0.25) is 4.79 Å². The number of aromatic nitrogens is 3. The number of aryl methyl sites for hydroxylation is 2. The topological polar surface area (TPSA) is 53.9 Å². The Balaban J connectivity index is 1.59. The fourth-order valence-electron chi connectivity index (χ4n) is 3.65. The first-order valence-corrected chi connectivity index (χ1v) is 8.50. The number of nitrogens with zero attached hydrogens (tertiary/aromatic N) is 3. The first-order chi connectivity index (χ1) is 11.6. The zero-order valence-corrected chi connectivity index (χ0v) is 14.1. The normalized spacial score (nSPS) is 17.8. The van der Waals surface area contributed by atoms with E-state index in [1.807, 2.05) is 43.0 Å². The van der Waals surface area contributed by atoms with Gasteiger partial charge in [-0.1, -0.05) is 12.1 Å². The number of nitrogens with one attached hydrogen (secondary N) is 1. The monoisotopic (exact) mass is 322 g/mol. The van der Waals surface area contributed by atoms with Gasteiger partial charge in [-0.2, -0.15) is 0 Å². The summed E-state index contributed by atoms with van der Waals surface area (Å²) in [5, 5.41) is 0. The summed E-state index contributed by atoms with van der Waals surface area (Å²) in [6, 6.07) is 12.2. The van der Waals surface area contributed by atoms with E-state index in [2.05, 4.69) is 21.7 Å². The van der Waals surface area contributed by atoms with Crippen LogP contribution in [0.25, 0.3) is 11.0 Å². The number of hydrogen-bond acceptors (Lipinski definition) is 2. The van der Waals surface area contributed by atoms with E-state index in [4.69, 9.17) is 4.98 Å². The Morgan fingerprint density at radius 3 is 2.71 bits per heavy atom. The molecule has 0 spiro atoms. The molecule has 1 fully saturated rings. The third kappa shape index (κ3) is 2.50. The van der Waals surface area contributed by atoms with E-state index < -0.39 is 0 Å². The molecule has 0 bridgehead atoms. The second-order valence-corrected chi connectivity index (χ2v) is 6.59. The fourth-order valence-corrected chi connectivity index (χ4v) is 3.65. The third-order valence-electron chi connectivity index (χ3n) is 5.01. The standard InChI is InChI=1S/C19H22N4O/c1-13-9-10-14(2)23(13)12-18(24)22-11-5-8-17(22)19-20-15-6-3-4-7-16(15)21-19/h3-4,6-7,9-10,17H,5,8,11-12H2,1-2H3,(H,20,21). The number of H-pyrrole nitrogens is 1. The molecule has 5 heteroatoms. The van der Waals surface area contributed by atoms with Crippen LogP contribution in [0.5, 0.6) is 0 Å². The maximum Gasteiger partial charge on any atom is 0.243 e. The molecule has 1 aliphatic heterocycles. The molecule has 1 aliphatic rings. The molecule has 0 radical (unpaired) electrons. The van der Waals surface area contributed by atoms with Crippen LogP contribution in [0.15, 0.2) is 36.4 Å². The lowest BCUT2D eigenvalue weighted by molar-refractivity contribution is -0.133. The van der Waals surface area contributed by atoms with E-state index in [-0.39, 0.29) is 11.9 Å². The summed E-state index contributed by atoms with van der Waals surface area (Å²) in [5.41, 5.74) is 4.24. The number of likely N-dealkylation sites (tertiary alicyclic amines) is 1. The molecule has 0 saturated carbocycles. The molecule has 1 unspecified atom stereocenters. The lowest BCUT2D eigenvalue weighted by Crippen LogP contribution is -2.34. The molecule has 1 N–H and O–H groups in total. The Bertz CT molecular complexity index is 839. The van der Waals surface area contributed by atoms with Crippen molar-refractivity contribution in [1.82, 2.24) is 19.4 Å². The maximum absolute atomic E-state index is 12.9. The van der Waals surface area contributed by atoms with Gasteiger partial charge >= 0.3 is 0 Å². The molecular formula is C19H22N4O. The van der Waals surface area contributed by atoms with Crippen molar-refractivity contribution in [3.05, 3.63) is 53.6 Å². The summed E-state index contributed by atoms with van der Waals surface area (Å²) in [6.45, 7) is 5.29. The molecule has 5 nitrogen and oxygen atoms in total. The van der Waals surface area contributed by atoms with Crippen LogP contribution in [-0.4, -0.2) is 31.9 Å². The third-order valence-corrected chi connectivity index (χ3v) is 5.01. The van der Waals surface area contributed by atoms with Crippen molar-refractivity contribution in [1.29, 1.82) is 0 Å².